The normalized spacial score (nSPS) is 29.0. The molecule has 1 aliphatic carbocycles. The first-order chi connectivity index (χ1) is 5.72. The Labute approximate surface area is 75.7 Å². The van der Waals surface area contributed by atoms with Crippen molar-refractivity contribution in [3.8, 4) is 0 Å². The summed E-state index contributed by atoms with van der Waals surface area (Å²) in [5.41, 5.74) is 0. The van der Waals surface area contributed by atoms with Crippen LogP contribution in [0.1, 0.15) is 33.1 Å². The fourth-order valence-electron chi connectivity index (χ4n) is 1.41. The molecule has 0 unspecified atom stereocenters. The van der Waals surface area contributed by atoms with Gasteiger partial charge in [0.1, 0.15) is 0 Å². The molecule has 0 radical (unpaired) electrons. The molecule has 1 N–H and O–H groups in total. The predicted octanol–water partition coefficient (Wildman–Crippen LogP) is 1.80. The van der Waals surface area contributed by atoms with E-state index in [0.29, 0.717) is 12.1 Å². The van der Waals surface area contributed by atoms with Gasteiger partial charge in [0.15, 0.2) is 0 Å². The zero-order valence-electron chi connectivity index (χ0n) is 8.47. The van der Waals surface area contributed by atoms with Gasteiger partial charge in [0.25, 0.3) is 0 Å². The average molecular weight is 171 g/mol. The SMILES string of the molecule is CNC1CC(OCCC(C)C)C1. The summed E-state index contributed by atoms with van der Waals surface area (Å²) >= 11 is 0. The second kappa shape index (κ2) is 4.83. The van der Waals surface area contributed by atoms with E-state index in [2.05, 4.69) is 19.2 Å². The maximum absolute atomic E-state index is 5.68. The van der Waals surface area contributed by atoms with E-state index in [9.17, 15) is 0 Å². The highest BCUT2D eigenvalue weighted by Gasteiger charge is 2.27. The van der Waals surface area contributed by atoms with Gasteiger partial charge in [0.2, 0.25) is 0 Å². The van der Waals surface area contributed by atoms with Crippen molar-refractivity contribution in [2.75, 3.05) is 13.7 Å². The van der Waals surface area contributed by atoms with Gasteiger partial charge in [-0.3, -0.25) is 0 Å². The van der Waals surface area contributed by atoms with Crippen LogP contribution in [0.2, 0.25) is 0 Å². The van der Waals surface area contributed by atoms with E-state index >= 15 is 0 Å². The summed E-state index contributed by atoms with van der Waals surface area (Å²) in [4.78, 5) is 0. The monoisotopic (exact) mass is 171 g/mol. The van der Waals surface area contributed by atoms with Crippen LogP contribution in [0.4, 0.5) is 0 Å². The van der Waals surface area contributed by atoms with Crippen LogP contribution in [0.25, 0.3) is 0 Å². The summed E-state index contributed by atoms with van der Waals surface area (Å²) in [7, 11) is 2.02. The molecule has 1 aliphatic rings. The zero-order valence-corrected chi connectivity index (χ0v) is 8.47. The number of rotatable bonds is 5. The Bertz CT molecular complexity index is 119. The van der Waals surface area contributed by atoms with Gasteiger partial charge in [-0.15, -0.1) is 0 Å². The standard InChI is InChI=1S/C10H21NO/c1-8(2)4-5-12-10-6-9(7-10)11-3/h8-11H,4-7H2,1-3H3. The fourth-order valence-corrected chi connectivity index (χ4v) is 1.41. The van der Waals surface area contributed by atoms with Gasteiger partial charge in [0, 0.05) is 12.6 Å². The molecule has 0 aliphatic heterocycles. The predicted molar refractivity (Wildman–Crippen MR) is 51.3 cm³/mol. The Kier molecular flexibility index (Phi) is 4.02. The summed E-state index contributed by atoms with van der Waals surface area (Å²) in [6.45, 7) is 5.42. The minimum atomic E-state index is 0.543. The first kappa shape index (κ1) is 10.0. The molecule has 0 saturated heterocycles. The molecule has 1 fully saturated rings. The quantitative estimate of drug-likeness (QED) is 0.681. The van der Waals surface area contributed by atoms with Gasteiger partial charge in [-0.05, 0) is 32.2 Å². The van der Waals surface area contributed by atoms with Gasteiger partial charge in [-0.1, -0.05) is 13.8 Å². The Morgan fingerprint density at radius 1 is 1.42 bits per heavy atom. The van der Waals surface area contributed by atoms with Crippen molar-refractivity contribution in [2.24, 2.45) is 5.92 Å². The highest BCUT2D eigenvalue weighted by atomic mass is 16.5. The van der Waals surface area contributed by atoms with Crippen molar-refractivity contribution in [3.63, 3.8) is 0 Å². The molecule has 2 nitrogen and oxygen atoms in total. The maximum Gasteiger partial charge on any atom is 0.0604 e. The molecule has 12 heavy (non-hydrogen) atoms. The molecule has 0 spiro atoms. The molecular formula is C10H21NO. The Balaban J connectivity index is 1.90. The summed E-state index contributed by atoms with van der Waals surface area (Å²) in [6, 6.07) is 0.717. The van der Waals surface area contributed by atoms with Gasteiger partial charge < -0.3 is 10.1 Å². The van der Waals surface area contributed by atoms with Crippen LogP contribution in [-0.2, 0) is 4.74 Å². The van der Waals surface area contributed by atoms with E-state index in [4.69, 9.17) is 4.74 Å². The zero-order chi connectivity index (χ0) is 8.97. The van der Waals surface area contributed by atoms with E-state index in [1.807, 2.05) is 7.05 Å². The molecule has 72 valence electrons. The smallest absolute Gasteiger partial charge is 0.0604 e. The Morgan fingerprint density at radius 3 is 2.58 bits per heavy atom. The van der Waals surface area contributed by atoms with Crippen LogP contribution in [0, 0.1) is 5.92 Å². The van der Waals surface area contributed by atoms with E-state index in [1.165, 1.54) is 19.3 Å². The van der Waals surface area contributed by atoms with Crippen LogP contribution in [-0.4, -0.2) is 25.8 Å². The van der Waals surface area contributed by atoms with Crippen LogP contribution < -0.4 is 5.32 Å². The number of hydrogen-bond donors (Lipinski definition) is 1. The molecule has 0 aromatic carbocycles. The van der Waals surface area contributed by atoms with Gasteiger partial charge in [-0.2, -0.15) is 0 Å². The lowest BCUT2D eigenvalue weighted by atomic mass is 9.89. The molecule has 0 atom stereocenters. The van der Waals surface area contributed by atoms with Crippen molar-refractivity contribution in [3.05, 3.63) is 0 Å². The third kappa shape index (κ3) is 3.11. The Hall–Kier alpha value is -0.0800. The van der Waals surface area contributed by atoms with Crippen molar-refractivity contribution < 1.29 is 4.74 Å². The van der Waals surface area contributed by atoms with Gasteiger partial charge in [0.05, 0.1) is 6.10 Å². The average Bonchev–Trinajstić information content (AvgIpc) is 1.93. The lowest BCUT2D eigenvalue weighted by molar-refractivity contribution is -0.0187. The minimum Gasteiger partial charge on any atom is -0.378 e. The molecule has 0 aromatic heterocycles. The van der Waals surface area contributed by atoms with E-state index in [0.717, 1.165) is 12.5 Å². The highest BCUT2D eigenvalue weighted by molar-refractivity contribution is 4.84. The molecular weight excluding hydrogens is 150 g/mol. The second-order valence-electron chi connectivity index (χ2n) is 4.13. The van der Waals surface area contributed by atoms with E-state index in [-0.39, 0.29) is 0 Å². The van der Waals surface area contributed by atoms with Crippen molar-refractivity contribution in [1.29, 1.82) is 0 Å². The summed E-state index contributed by atoms with van der Waals surface area (Å²) in [5, 5.41) is 3.25. The summed E-state index contributed by atoms with van der Waals surface area (Å²) < 4.78 is 5.68. The lowest BCUT2D eigenvalue weighted by Gasteiger charge is -2.34. The van der Waals surface area contributed by atoms with E-state index < -0.39 is 0 Å². The van der Waals surface area contributed by atoms with E-state index in [1.54, 1.807) is 0 Å². The molecule has 1 rings (SSSR count). The maximum atomic E-state index is 5.68. The Morgan fingerprint density at radius 2 is 2.08 bits per heavy atom. The molecule has 0 aromatic rings. The van der Waals surface area contributed by atoms with Crippen molar-refractivity contribution in [1.82, 2.24) is 5.32 Å². The summed E-state index contributed by atoms with van der Waals surface area (Å²) in [5.74, 6) is 0.769. The number of hydrogen-bond acceptors (Lipinski definition) is 2. The van der Waals surface area contributed by atoms with Crippen LogP contribution >= 0.6 is 0 Å². The molecule has 1 saturated carbocycles. The van der Waals surface area contributed by atoms with Crippen molar-refractivity contribution in [2.45, 2.75) is 45.3 Å². The van der Waals surface area contributed by atoms with Gasteiger partial charge in [-0.25, -0.2) is 0 Å². The first-order valence-corrected chi connectivity index (χ1v) is 5.01. The first-order valence-electron chi connectivity index (χ1n) is 5.01. The largest absolute Gasteiger partial charge is 0.378 e. The van der Waals surface area contributed by atoms with Crippen molar-refractivity contribution >= 4 is 0 Å². The molecule has 0 amide bonds. The number of ether oxygens (including phenoxy) is 1. The topological polar surface area (TPSA) is 21.3 Å². The van der Waals surface area contributed by atoms with Crippen LogP contribution in [0.15, 0.2) is 0 Å². The molecule has 2 heteroatoms. The molecule has 0 bridgehead atoms. The second-order valence-corrected chi connectivity index (χ2v) is 4.13. The van der Waals surface area contributed by atoms with Crippen LogP contribution in [0.5, 0.6) is 0 Å². The van der Waals surface area contributed by atoms with Gasteiger partial charge >= 0.3 is 0 Å². The fraction of sp³-hybridized carbons (Fsp3) is 1.00. The highest BCUT2D eigenvalue weighted by Crippen LogP contribution is 2.23. The third-order valence-electron chi connectivity index (χ3n) is 2.55. The number of nitrogens with one attached hydrogen (secondary N) is 1. The van der Waals surface area contributed by atoms with Crippen LogP contribution in [0.3, 0.4) is 0 Å². The third-order valence-corrected chi connectivity index (χ3v) is 2.55. The summed E-state index contributed by atoms with van der Waals surface area (Å²) in [6.07, 6.45) is 4.14. The minimum absolute atomic E-state index is 0.543. The lowest BCUT2D eigenvalue weighted by Crippen LogP contribution is -2.43. The molecule has 0 heterocycles.